The first kappa shape index (κ1) is 14.0. The molecule has 0 aliphatic heterocycles. The highest BCUT2D eigenvalue weighted by Crippen LogP contribution is 2.29. The van der Waals surface area contributed by atoms with Crippen LogP contribution in [0.5, 0.6) is 11.5 Å². The summed E-state index contributed by atoms with van der Waals surface area (Å²) >= 11 is 11.9. The number of benzene rings is 2. The van der Waals surface area contributed by atoms with Gasteiger partial charge in [0.15, 0.2) is 0 Å². The van der Waals surface area contributed by atoms with Crippen LogP contribution in [0.1, 0.15) is 11.1 Å². The van der Waals surface area contributed by atoms with Gasteiger partial charge in [-0.3, -0.25) is 0 Å². The number of hydrogen-bond donors (Lipinski definition) is 0. The third kappa shape index (κ3) is 3.34. The van der Waals surface area contributed by atoms with E-state index in [1.165, 1.54) is 0 Å². The Kier molecular flexibility index (Phi) is 4.56. The summed E-state index contributed by atoms with van der Waals surface area (Å²) in [6.45, 7) is 0. The third-order valence-corrected chi connectivity index (χ3v) is 3.61. The molecule has 0 amide bonds. The molecule has 0 saturated carbocycles. The molecule has 100 valence electrons. The second-order valence-corrected chi connectivity index (χ2v) is 4.92. The molecule has 2 nitrogen and oxygen atoms in total. The first-order valence-electron chi connectivity index (χ1n) is 5.79. The van der Waals surface area contributed by atoms with E-state index in [1.807, 2.05) is 30.3 Å². The maximum Gasteiger partial charge on any atom is 0.126 e. The fraction of sp³-hybridized carbons (Fsp3) is 0.200. The van der Waals surface area contributed by atoms with Crippen molar-refractivity contribution in [1.82, 2.24) is 0 Å². The lowest BCUT2D eigenvalue weighted by atomic mass is 10.0. The standard InChI is InChI=1S/C15H14Cl2O2/c1-18-12-5-4-11(15(9-12)19-2)7-10-3-6-13(16)14(17)8-10/h3-6,8-9H,7H2,1-2H3. The molecule has 0 radical (unpaired) electrons. The van der Waals surface area contributed by atoms with Crippen LogP contribution in [0, 0.1) is 0 Å². The monoisotopic (exact) mass is 296 g/mol. The Hall–Kier alpha value is -1.38. The van der Waals surface area contributed by atoms with E-state index >= 15 is 0 Å². The molecular formula is C15H14Cl2O2. The average molecular weight is 297 g/mol. The first-order valence-corrected chi connectivity index (χ1v) is 6.54. The maximum atomic E-state index is 6.02. The van der Waals surface area contributed by atoms with Crippen LogP contribution in [0.15, 0.2) is 36.4 Å². The van der Waals surface area contributed by atoms with Crippen LogP contribution >= 0.6 is 23.2 Å². The molecule has 4 heteroatoms. The number of methoxy groups -OCH3 is 2. The normalized spacial score (nSPS) is 10.3. The van der Waals surface area contributed by atoms with E-state index in [0.717, 1.165) is 29.0 Å². The van der Waals surface area contributed by atoms with E-state index in [1.54, 1.807) is 20.3 Å². The molecule has 0 aliphatic carbocycles. The largest absolute Gasteiger partial charge is 0.497 e. The van der Waals surface area contributed by atoms with Crippen molar-refractivity contribution in [3.8, 4) is 11.5 Å². The fourth-order valence-electron chi connectivity index (χ4n) is 1.87. The predicted molar refractivity (Wildman–Crippen MR) is 78.8 cm³/mol. The number of rotatable bonds is 4. The smallest absolute Gasteiger partial charge is 0.126 e. The fourth-order valence-corrected chi connectivity index (χ4v) is 2.19. The zero-order valence-electron chi connectivity index (χ0n) is 10.7. The van der Waals surface area contributed by atoms with Crippen molar-refractivity contribution in [1.29, 1.82) is 0 Å². The van der Waals surface area contributed by atoms with Crippen molar-refractivity contribution in [2.75, 3.05) is 14.2 Å². The Labute approximate surface area is 122 Å². The lowest BCUT2D eigenvalue weighted by Crippen LogP contribution is -1.95. The minimum Gasteiger partial charge on any atom is -0.497 e. The molecule has 0 bridgehead atoms. The Balaban J connectivity index is 2.29. The molecule has 0 saturated heterocycles. The van der Waals surface area contributed by atoms with Crippen LogP contribution in [-0.4, -0.2) is 14.2 Å². The van der Waals surface area contributed by atoms with Gasteiger partial charge in [0, 0.05) is 12.5 Å². The summed E-state index contributed by atoms with van der Waals surface area (Å²) in [5.41, 5.74) is 2.15. The Morgan fingerprint density at radius 3 is 2.32 bits per heavy atom. The molecular weight excluding hydrogens is 283 g/mol. The van der Waals surface area contributed by atoms with Crippen molar-refractivity contribution >= 4 is 23.2 Å². The van der Waals surface area contributed by atoms with Gasteiger partial charge in [-0.05, 0) is 29.3 Å². The molecule has 2 aromatic carbocycles. The minimum atomic E-state index is 0.562. The van der Waals surface area contributed by atoms with Crippen molar-refractivity contribution in [2.24, 2.45) is 0 Å². The van der Waals surface area contributed by atoms with E-state index in [9.17, 15) is 0 Å². The SMILES string of the molecule is COc1ccc(Cc2ccc(Cl)c(Cl)c2)c(OC)c1. The molecule has 0 atom stereocenters. The molecule has 0 unspecified atom stereocenters. The van der Waals surface area contributed by atoms with Crippen molar-refractivity contribution in [2.45, 2.75) is 6.42 Å². The molecule has 0 fully saturated rings. The van der Waals surface area contributed by atoms with Crippen molar-refractivity contribution in [3.63, 3.8) is 0 Å². The van der Waals surface area contributed by atoms with E-state index < -0.39 is 0 Å². The van der Waals surface area contributed by atoms with Crippen LogP contribution in [0.4, 0.5) is 0 Å². The van der Waals surface area contributed by atoms with Crippen LogP contribution in [-0.2, 0) is 6.42 Å². The third-order valence-electron chi connectivity index (χ3n) is 2.87. The zero-order valence-corrected chi connectivity index (χ0v) is 12.3. The highest BCUT2D eigenvalue weighted by molar-refractivity contribution is 6.42. The summed E-state index contributed by atoms with van der Waals surface area (Å²) in [5, 5.41) is 1.12. The van der Waals surface area contributed by atoms with Gasteiger partial charge in [-0.1, -0.05) is 35.3 Å². The van der Waals surface area contributed by atoms with Gasteiger partial charge in [0.1, 0.15) is 11.5 Å². The minimum absolute atomic E-state index is 0.562. The van der Waals surface area contributed by atoms with Gasteiger partial charge in [-0.25, -0.2) is 0 Å². The van der Waals surface area contributed by atoms with Gasteiger partial charge in [-0.2, -0.15) is 0 Å². The summed E-state index contributed by atoms with van der Waals surface area (Å²) in [6, 6.07) is 11.4. The lowest BCUT2D eigenvalue weighted by molar-refractivity contribution is 0.391. The van der Waals surface area contributed by atoms with Crippen LogP contribution in [0.3, 0.4) is 0 Å². The molecule has 19 heavy (non-hydrogen) atoms. The number of hydrogen-bond acceptors (Lipinski definition) is 2. The summed E-state index contributed by atoms with van der Waals surface area (Å²) in [4.78, 5) is 0. The second kappa shape index (κ2) is 6.18. The summed E-state index contributed by atoms with van der Waals surface area (Å²) in [7, 11) is 3.28. The highest BCUT2D eigenvalue weighted by atomic mass is 35.5. The van der Waals surface area contributed by atoms with Gasteiger partial charge >= 0.3 is 0 Å². The van der Waals surface area contributed by atoms with Gasteiger partial charge in [0.2, 0.25) is 0 Å². The molecule has 2 rings (SSSR count). The Morgan fingerprint density at radius 2 is 1.68 bits per heavy atom. The van der Waals surface area contributed by atoms with Gasteiger partial charge in [-0.15, -0.1) is 0 Å². The number of halogens is 2. The Morgan fingerprint density at radius 1 is 0.895 bits per heavy atom. The molecule has 0 aromatic heterocycles. The van der Waals surface area contributed by atoms with Crippen LogP contribution < -0.4 is 9.47 Å². The van der Waals surface area contributed by atoms with Crippen LogP contribution in [0.2, 0.25) is 10.0 Å². The average Bonchev–Trinajstić information content (AvgIpc) is 2.43. The van der Waals surface area contributed by atoms with Crippen molar-refractivity contribution < 1.29 is 9.47 Å². The summed E-state index contributed by atoms with van der Waals surface area (Å²) in [6.07, 6.45) is 0.726. The van der Waals surface area contributed by atoms with E-state index in [4.69, 9.17) is 32.7 Å². The predicted octanol–water partition coefficient (Wildman–Crippen LogP) is 4.60. The van der Waals surface area contributed by atoms with E-state index in [0.29, 0.717) is 10.0 Å². The summed E-state index contributed by atoms with van der Waals surface area (Å²) in [5.74, 6) is 1.57. The quantitative estimate of drug-likeness (QED) is 0.821. The molecule has 0 aliphatic rings. The van der Waals surface area contributed by atoms with Gasteiger partial charge in [0.05, 0.1) is 24.3 Å². The molecule has 0 N–H and O–H groups in total. The topological polar surface area (TPSA) is 18.5 Å². The molecule has 0 spiro atoms. The summed E-state index contributed by atoms with van der Waals surface area (Å²) < 4.78 is 10.6. The highest BCUT2D eigenvalue weighted by Gasteiger charge is 2.07. The maximum absolute atomic E-state index is 6.02. The zero-order chi connectivity index (χ0) is 13.8. The lowest BCUT2D eigenvalue weighted by Gasteiger charge is -2.11. The van der Waals surface area contributed by atoms with Crippen LogP contribution in [0.25, 0.3) is 0 Å². The van der Waals surface area contributed by atoms with Crippen molar-refractivity contribution in [3.05, 3.63) is 57.6 Å². The molecule has 2 aromatic rings. The molecule has 0 heterocycles. The van der Waals surface area contributed by atoms with Gasteiger partial charge in [0.25, 0.3) is 0 Å². The van der Waals surface area contributed by atoms with Gasteiger partial charge < -0.3 is 9.47 Å². The number of ether oxygens (including phenoxy) is 2. The second-order valence-electron chi connectivity index (χ2n) is 4.10. The van der Waals surface area contributed by atoms with E-state index in [2.05, 4.69) is 0 Å². The van der Waals surface area contributed by atoms with E-state index in [-0.39, 0.29) is 0 Å². The Bertz CT molecular complexity index is 582. The first-order chi connectivity index (χ1) is 9.13.